The van der Waals surface area contributed by atoms with Crippen LogP contribution in [0.5, 0.6) is 0 Å². The molecule has 2 N–H and O–H groups in total. The number of piperidine rings is 1. The summed E-state index contributed by atoms with van der Waals surface area (Å²) in [5.41, 5.74) is 7.09. The average molecular weight is 334 g/mol. The molecule has 120 valence electrons. The lowest BCUT2D eigenvalue weighted by molar-refractivity contribution is 0.201. The molecule has 7 heteroatoms. The lowest BCUT2D eigenvalue weighted by Gasteiger charge is -2.30. The van der Waals surface area contributed by atoms with E-state index in [2.05, 4.69) is 4.90 Å². The van der Waals surface area contributed by atoms with Crippen LogP contribution in [0.1, 0.15) is 18.4 Å². The van der Waals surface area contributed by atoms with Crippen molar-refractivity contribution in [3.8, 4) is 0 Å². The maximum absolute atomic E-state index is 12.0. The van der Waals surface area contributed by atoms with Gasteiger partial charge in [-0.2, -0.15) is 0 Å². The van der Waals surface area contributed by atoms with E-state index in [-0.39, 0.29) is 18.4 Å². The highest BCUT2D eigenvalue weighted by Gasteiger charge is 2.18. The maximum Gasteiger partial charge on any atom is 0.242 e. The van der Waals surface area contributed by atoms with Crippen molar-refractivity contribution in [2.45, 2.75) is 30.3 Å². The van der Waals surface area contributed by atoms with E-state index in [9.17, 15) is 8.42 Å². The Morgan fingerprint density at radius 2 is 1.90 bits per heavy atom. The lowest BCUT2D eigenvalue weighted by Crippen LogP contribution is -2.42. The molecule has 0 aliphatic carbocycles. The Morgan fingerprint density at radius 1 is 1.29 bits per heavy atom. The normalized spacial score (nSPS) is 20.3. The van der Waals surface area contributed by atoms with Gasteiger partial charge in [-0.3, -0.25) is 4.90 Å². The van der Waals surface area contributed by atoms with Crippen molar-refractivity contribution in [1.29, 1.82) is 0 Å². The molecule has 21 heavy (non-hydrogen) atoms. The Kier molecular flexibility index (Phi) is 6.62. The molecule has 1 aromatic carbocycles. The predicted molar refractivity (Wildman–Crippen MR) is 87.0 cm³/mol. The minimum Gasteiger partial charge on any atom is -0.327 e. The summed E-state index contributed by atoms with van der Waals surface area (Å²) >= 11 is 0. The van der Waals surface area contributed by atoms with E-state index in [4.69, 9.17) is 5.73 Å². The molecule has 0 radical (unpaired) electrons. The van der Waals surface area contributed by atoms with Crippen LogP contribution in [-0.4, -0.2) is 50.8 Å². The highest BCUT2D eigenvalue weighted by molar-refractivity contribution is 7.89. The van der Waals surface area contributed by atoms with E-state index in [1.807, 2.05) is 12.1 Å². The van der Waals surface area contributed by atoms with Crippen LogP contribution in [0, 0.1) is 0 Å². The van der Waals surface area contributed by atoms with E-state index < -0.39 is 10.0 Å². The molecule has 1 atom stereocenters. The molecule has 1 fully saturated rings. The van der Waals surface area contributed by atoms with Crippen molar-refractivity contribution in [2.75, 3.05) is 27.2 Å². The van der Waals surface area contributed by atoms with Gasteiger partial charge in [0.2, 0.25) is 10.0 Å². The Labute approximate surface area is 133 Å². The fourth-order valence-corrected chi connectivity index (χ4v) is 3.37. The largest absolute Gasteiger partial charge is 0.327 e. The summed E-state index contributed by atoms with van der Waals surface area (Å²) in [6, 6.07) is 7.38. The van der Waals surface area contributed by atoms with Crippen molar-refractivity contribution in [1.82, 2.24) is 9.21 Å². The number of hydrogen-bond acceptors (Lipinski definition) is 4. The predicted octanol–water partition coefficient (Wildman–Crippen LogP) is 1.28. The molecule has 1 aliphatic rings. The Hall–Kier alpha value is -0.660. The second-order valence-electron chi connectivity index (χ2n) is 5.57. The molecule has 5 nitrogen and oxygen atoms in total. The highest BCUT2D eigenvalue weighted by Crippen LogP contribution is 2.16. The SMILES string of the molecule is CN(C)S(=O)(=O)c1ccc(CN2CCCC(N)C2)cc1.Cl. The number of nitrogens with two attached hydrogens (primary N) is 1. The van der Waals surface area contributed by atoms with E-state index in [1.165, 1.54) is 4.31 Å². The van der Waals surface area contributed by atoms with E-state index >= 15 is 0 Å². The van der Waals surface area contributed by atoms with Gasteiger partial charge in [0, 0.05) is 33.2 Å². The summed E-state index contributed by atoms with van der Waals surface area (Å²) in [6.07, 6.45) is 2.23. The number of sulfonamides is 1. The first-order valence-corrected chi connectivity index (χ1v) is 8.33. The first-order valence-electron chi connectivity index (χ1n) is 6.89. The molecule has 1 unspecified atom stereocenters. The van der Waals surface area contributed by atoms with Gasteiger partial charge in [-0.05, 0) is 37.1 Å². The topological polar surface area (TPSA) is 66.6 Å². The van der Waals surface area contributed by atoms with Crippen molar-refractivity contribution in [3.63, 3.8) is 0 Å². The number of nitrogens with zero attached hydrogens (tertiary/aromatic N) is 2. The lowest BCUT2D eigenvalue weighted by atomic mass is 10.1. The van der Waals surface area contributed by atoms with E-state index in [0.29, 0.717) is 4.90 Å². The minimum absolute atomic E-state index is 0. The maximum atomic E-state index is 12.0. The Balaban J connectivity index is 0.00000220. The van der Waals surface area contributed by atoms with Crippen LogP contribution in [0.3, 0.4) is 0 Å². The Bertz CT molecular complexity index is 546. The first kappa shape index (κ1) is 18.4. The third-order valence-corrected chi connectivity index (χ3v) is 5.48. The molecule has 2 rings (SSSR count). The van der Waals surface area contributed by atoms with Crippen molar-refractivity contribution < 1.29 is 8.42 Å². The molecule has 1 aromatic rings. The third kappa shape index (κ3) is 4.66. The number of hydrogen-bond donors (Lipinski definition) is 1. The molecule has 0 bridgehead atoms. The molecule has 1 aliphatic heterocycles. The molecular weight excluding hydrogens is 310 g/mol. The first-order chi connectivity index (χ1) is 9.39. The van der Waals surface area contributed by atoms with Crippen LogP contribution in [-0.2, 0) is 16.6 Å². The fourth-order valence-electron chi connectivity index (χ4n) is 2.47. The van der Waals surface area contributed by atoms with Gasteiger partial charge in [0.1, 0.15) is 0 Å². The van der Waals surface area contributed by atoms with Gasteiger partial charge in [-0.1, -0.05) is 12.1 Å². The van der Waals surface area contributed by atoms with Crippen LogP contribution in [0.15, 0.2) is 29.2 Å². The summed E-state index contributed by atoms with van der Waals surface area (Å²) in [6.45, 7) is 2.80. The second-order valence-corrected chi connectivity index (χ2v) is 7.72. The van der Waals surface area contributed by atoms with Crippen molar-refractivity contribution >= 4 is 22.4 Å². The van der Waals surface area contributed by atoms with Crippen LogP contribution in [0.25, 0.3) is 0 Å². The van der Waals surface area contributed by atoms with Crippen molar-refractivity contribution in [3.05, 3.63) is 29.8 Å². The summed E-state index contributed by atoms with van der Waals surface area (Å²) < 4.78 is 25.2. The average Bonchev–Trinajstić information content (AvgIpc) is 2.39. The molecule has 0 saturated carbocycles. The van der Waals surface area contributed by atoms with Gasteiger partial charge >= 0.3 is 0 Å². The molecule has 1 saturated heterocycles. The number of rotatable bonds is 4. The Morgan fingerprint density at radius 3 is 2.43 bits per heavy atom. The standard InChI is InChI=1S/C14H23N3O2S.ClH/c1-16(2)20(18,19)14-7-5-12(6-8-14)10-17-9-3-4-13(15)11-17;/h5-8,13H,3-4,9-11,15H2,1-2H3;1H. The quantitative estimate of drug-likeness (QED) is 0.901. The summed E-state index contributed by atoms with van der Waals surface area (Å²) in [5.74, 6) is 0. The fraction of sp³-hybridized carbons (Fsp3) is 0.571. The third-order valence-electron chi connectivity index (χ3n) is 3.65. The van der Waals surface area contributed by atoms with Gasteiger partial charge < -0.3 is 5.73 Å². The van der Waals surface area contributed by atoms with Crippen LogP contribution in [0.2, 0.25) is 0 Å². The van der Waals surface area contributed by atoms with Gasteiger partial charge in [0.25, 0.3) is 0 Å². The van der Waals surface area contributed by atoms with Crippen molar-refractivity contribution in [2.24, 2.45) is 5.73 Å². The molecule has 1 heterocycles. The summed E-state index contributed by atoms with van der Waals surface area (Å²) in [4.78, 5) is 2.66. The zero-order valence-electron chi connectivity index (χ0n) is 12.5. The van der Waals surface area contributed by atoms with Gasteiger partial charge in [-0.15, -0.1) is 12.4 Å². The van der Waals surface area contributed by atoms with Crippen LogP contribution >= 0.6 is 12.4 Å². The zero-order valence-corrected chi connectivity index (χ0v) is 14.2. The zero-order chi connectivity index (χ0) is 14.8. The highest BCUT2D eigenvalue weighted by atomic mass is 35.5. The van der Waals surface area contributed by atoms with Gasteiger partial charge in [0.15, 0.2) is 0 Å². The summed E-state index contributed by atoms with van der Waals surface area (Å²) in [5, 5.41) is 0. The van der Waals surface area contributed by atoms with Gasteiger partial charge in [-0.25, -0.2) is 12.7 Å². The second kappa shape index (κ2) is 7.56. The van der Waals surface area contributed by atoms with Gasteiger partial charge in [0.05, 0.1) is 4.90 Å². The van der Waals surface area contributed by atoms with E-state index in [1.54, 1.807) is 26.2 Å². The van der Waals surface area contributed by atoms with Crippen LogP contribution in [0.4, 0.5) is 0 Å². The molecular formula is C14H24ClN3O2S. The molecule has 0 amide bonds. The number of benzene rings is 1. The molecule has 0 aromatic heterocycles. The van der Waals surface area contributed by atoms with E-state index in [0.717, 1.165) is 38.0 Å². The number of halogens is 1. The summed E-state index contributed by atoms with van der Waals surface area (Å²) in [7, 11) is -0.256. The van der Waals surface area contributed by atoms with Crippen LogP contribution < -0.4 is 5.73 Å². The smallest absolute Gasteiger partial charge is 0.242 e. The minimum atomic E-state index is -3.34. The number of likely N-dealkylation sites (tertiary alicyclic amines) is 1. The monoisotopic (exact) mass is 333 g/mol. The molecule has 0 spiro atoms.